The number of halogens is 1. The molecule has 0 bridgehead atoms. The van der Waals surface area contributed by atoms with Crippen molar-refractivity contribution in [3.05, 3.63) is 38.5 Å². The molecule has 0 aromatic carbocycles. The number of thiazole rings is 1. The van der Waals surface area contributed by atoms with Crippen molar-refractivity contribution in [3.63, 3.8) is 0 Å². The van der Waals surface area contributed by atoms with Gasteiger partial charge >= 0.3 is 0 Å². The highest BCUT2D eigenvalue weighted by Crippen LogP contribution is 2.22. The van der Waals surface area contributed by atoms with Gasteiger partial charge in [-0.05, 0) is 32.0 Å². The first-order valence-electron chi connectivity index (χ1n) is 7.72. The zero-order valence-corrected chi connectivity index (χ0v) is 18.5. The molecule has 1 atom stereocenters. The van der Waals surface area contributed by atoms with Crippen LogP contribution in [0.3, 0.4) is 0 Å². The Morgan fingerprint density at radius 2 is 2.17 bits per heavy atom. The van der Waals surface area contributed by atoms with Gasteiger partial charge in [0.2, 0.25) is 0 Å². The summed E-state index contributed by atoms with van der Waals surface area (Å²) >= 11 is 3.53. The molecule has 134 valence electrons. The Labute approximate surface area is 169 Å². The molecular weight excluding hydrogens is 453 g/mol. The smallest absolute Gasteiger partial charge is 0.191 e. The molecule has 0 radical (unpaired) electrons. The second kappa shape index (κ2) is 11.0. The Kier molecular flexibility index (Phi) is 9.79. The highest BCUT2D eigenvalue weighted by molar-refractivity contribution is 14.0. The van der Waals surface area contributed by atoms with E-state index in [1.54, 1.807) is 29.7 Å². The molecule has 0 spiro atoms. The van der Waals surface area contributed by atoms with Gasteiger partial charge in [-0.2, -0.15) is 0 Å². The Bertz CT molecular complexity index is 610. The summed E-state index contributed by atoms with van der Waals surface area (Å²) in [6, 6.07) is 4.60. The molecule has 0 aliphatic carbocycles. The van der Waals surface area contributed by atoms with Crippen molar-refractivity contribution in [3.8, 4) is 0 Å². The third-order valence-corrected chi connectivity index (χ3v) is 5.65. The number of thiophene rings is 1. The highest BCUT2D eigenvalue weighted by Gasteiger charge is 2.15. The fraction of sp³-hybridized carbons (Fsp3) is 0.500. The van der Waals surface area contributed by atoms with Crippen LogP contribution in [0.25, 0.3) is 0 Å². The highest BCUT2D eigenvalue weighted by atomic mass is 127. The van der Waals surface area contributed by atoms with Crippen LogP contribution in [0.1, 0.15) is 27.7 Å². The molecule has 0 saturated heterocycles. The monoisotopic (exact) mass is 479 g/mol. The first-order chi connectivity index (χ1) is 11.1. The summed E-state index contributed by atoms with van der Waals surface area (Å²) in [6.07, 6.45) is 2.99. The van der Waals surface area contributed by atoms with E-state index in [1.165, 1.54) is 9.75 Å². The van der Waals surface area contributed by atoms with Crippen LogP contribution in [0.5, 0.6) is 0 Å². The van der Waals surface area contributed by atoms with E-state index in [2.05, 4.69) is 64.0 Å². The first kappa shape index (κ1) is 21.3. The number of nitrogens with one attached hydrogen (secondary N) is 2. The molecule has 0 aliphatic heterocycles. The lowest BCUT2D eigenvalue weighted by Crippen LogP contribution is -2.41. The molecule has 0 aliphatic rings. The number of guanidine groups is 1. The lowest BCUT2D eigenvalue weighted by molar-refractivity contribution is 0.302. The predicted octanol–water partition coefficient (Wildman–Crippen LogP) is 3.35. The van der Waals surface area contributed by atoms with Crippen LogP contribution < -0.4 is 10.6 Å². The van der Waals surface area contributed by atoms with Gasteiger partial charge in [-0.15, -0.1) is 46.7 Å². The summed E-state index contributed by atoms with van der Waals surface area (Å²) in [5.41, 5.74) is 0. The molecule has 1 unspecified atom stereocenters. The molecular formula is C16H26IN5S2. The van der Waals surface area contributed by atoms with Crippen molar-refractivity contribution in [2.45, 2.75) is 25.9 Å². The normalized spacial score (nSPS) is 12.8. The summed E-state index contributed by atoms with van der Waals surface area (Å²) in [5.74, 6) is 0.807. The number of aromatic nitrogens is 1. The Hall–Kier alpha value is -0.710. The number of aliphatic imine (C=N–C) groups is 1. The van der Waals surface area contributed by atoms with Crippen molar-refractivity contribution in [1.82, 2.24) is 20.5 Å². The number of likely N-dealkylation sites (N-methyl/N-ethyl adjacent to an activating group) is 1. The molecule has 8 heteroatoms. The van der Waals surface area contributed by atoms with Gasteiger partial charge in [-0.1, -0.05) is 13.0 Å². The van der Waals surface area contributed by atoms with E-state index in [0.717, 1.165) is 23.9 Å². The number of nitrogens with zero attached hydrogens (tertiary/aromatic N) is 3. The van der Waals surface area contributed by atoms with Gasteiger partial charge in [0, 0.05) is 29.5 Å². The van der Waals surface area contributed by atoms with E-state index in [0.29, 0.717) is 12.6 Å². The molecule has 2 rings (SSSR count). The Morgan fingerprint density at radius 1 is 1.38 bits per heavy atom. The standard InChI is InChI=1S/C16H25N5S2.HI/c1-5-12-9-18-15(23-12)11-20-16(17-2)19-10-13(21(3)4)14-7-6-8-22-14;/h6-9,13H,5,10-11H2,1-4H3,(H2,17,19,20);1H. The second-order valence-corrected chi connectivity index (χ2v) is 7.55. The van der Waals surface area contributed by atoms with Crippen molar-refractivity contribution in [2.24, 2.45) is 4.99 Å². The van der Waals surface area contributed by atoms with Crippen molar-refractivity contribution in [1.29, 1.82) is 0 Å². The van der Waals surface area contributed by atoms with Crippen LogP contribution in [0, 0.1) is 0 Å². The van der Waals surface area contributed by atoms with Crippen LogP contribution in [0.15, 0.2) is 28.7 Å². The van der Waals surface area contributed by atoms with Gasteiger partial charge in [0.1, 0.15) is 5.01 Å². The molecule has 0 fully saturated rings. The largest absolute Gasteiger partial charge is 0.354 e. The number of rotatable bonds is 7. The molecule has 2 aromatic heterocycles. The van der Waals surface area contributed by atoms with E-state index in [4.69, 9.17) is 0 Å². The summed E-state index contributed by atoms with van der Waals surface area (Å²) < 4.78 is 0. The summed E-state index contributed by atoms with van der Waals surface area (Å²) in [5, 5.41) is 9.95. The van der Waals surface area contributed by atoms with E-state index >= 15 is 0 Å². The average Bonchev–Trinajstić information content (AvgIpc) is 3.21. The van der Waals surface area contributed by atoms with Crippen molar-refractivity contribution >= 4 is 52.6 Å². The zero-order chi connectivity index (χ0) is 16.7. The molecule has 24 heavy (non-hydrogen) atoms. The minimum Gasteiger partial charge on any atom is -0.354 e. The van der Waals surface area contributed by atoms with Crippen LogP contribution in [0.4, 0.5) is 0 Å². The fourth-order valence-electron chi connectivity index (χ4n) is 2.19. The van der Waals surface area contributed by atoms with Crippen LogP contribution in [-0.2, 0) is 13.0 Å². The van der Waals surface area contributed by atoms with E-state index in [1.807, 2.05) is 6.20 Å². The minimum absolute atomic E-state index is 0. The number of hydrogen-bond acceptors (Lipinski definition) is 5. The minimum atomic E-state index is 0. The molecule has 2 N–H and O–H groups in total. The Balaban J connectivity index is 0.00000288. The van der Waals surface area contributed by atoms with Gasteiger partial charge < -0.3 is 15.5 Å². The summed E-state index contributed by atoms with van der Waals surface area (Å²) in [4.78, 5) is 13.6. The van der Waals surface area contributed by atoms with Crippen molar-refractivity contribution in [2.75, 3.05) is 27.7 Å². The first-order valence-corrected chi connectivity index (χ1v) is 9.41. The Morgan fingerprint density at radius 3 is 2.71 bits per heavy atom. The van der Waals surface area contributed by atoms with Crippen molar-refractivity contribution < 1.29 is 0 Å². The van der Waals surface area contributed by atoms with Gasteiger partial charge in [0.25, 0.3) is 0 Å². The third-order valence-electron chi connectivity index (χ3n) is 3.54. The zero-order valence-electron chi connectivity index (χ0n) is 14.6. The molecule has 2 heterocycles. The fourth-order valence-corrected chi connectivity index (χ4v) is 3.91. The topological polar surface area (TPSA) is 52.6 Å². The lowest BCUT2D eigenvalue weighted by Gasteiger charge is -2.24. The molecule has 0 amide bonds. The van der Waals surface area contributed by atoms with E-state index in [9.17, 15) is 0 Å². The number of hydrogen-bond donors (Lipinski definition) is 2. The van der Waals surface area contributed by atoms with E-state index < -0.39 is 0 Å². The SMILES string of the molecule is CCc1cnc(CNC(=NC)NCC(c2cccs2)N(C)C)s1.I. The average molecular weight is 479 g/mol. The maximum atomic E-state index is 4.42. The molecule has 0 saturated carbocycles. The van der Waals surface area contributed by atoms with Gasteiger partial charge in [-0.3, -0.25) is 4.99 Å². The number of aryl methyl sites for hydroxylation is 1. The van der Waals surface area contributed by atoms with Gasteiger partial charge in [-0.25, -0.2) is 4.98 Å². The quantitative estimate of drug-likeness (QED) is 0.364. The van der Waals surface area contributed by atoms with E-state index in [-0.39, 0.29) is 24.0 Å². The van der Waals surface area contributed by atoms with Crippen LogP contribution in [-0.4, -0.2) is 43.5 Å². The third kappa shape index (κ3) is 6.30. The summed E-state index contributed by atoms with van der Waals surface area (Å²) in [6.45, 7) is 3.67. The summed E-state index contributed by atoms with van der Waals surface area (Å²) in [7, 11) is 6.00. The van der Waals surface area contributed by atoms with Gasteiger partial charge in [0.05, 0.1) is 12.6 Å². The predicted molar refractivity (Wildman–Crippen MR) is 116 cm³/mol. The maximum absolute atomic E-state index is 4.42. The molecule has 2 aromatic rings. The van der Waals surface area contributed by atoms with Crippen LogP contribution in [0.2, 0.25) is 0 Å². The van der Waals surface area contributed by atoms with Gasteiger partial charge in [0.15, 0.2) is 5.96 Å². The maximum Gasteiger partial charge on any atom is 0.191 e. The second-order valence-electron chi connectivity index (χ2n) is 5.38. The molecule has 5 nitrogen and oxygen atoms in total. The lowest BCUT2D eigenvalue weighted by atomic mass is 10.2. The van der Waals surface area contributed by atoms with Crippen LogP contribution >= 0.6 is 46.7 Å².